The summed E-state index contributed by atoms with van der Waals surface area (Å²) in [6.45, 7) is 5.55. The van der Waals surface area contributed by atoms with Crippen LogP contribution in [0, 0.1) is 18.3 Å². The number of piperidine rings is 1. The average Bonchev–Trinajstić information content (AvgIpc) is 3.58. The Bertz CT molecular complexity index is 1220. The Balaban J connectivity index is 1.31. The predicted octanol–water partition coefficient (Wildman–Crippen LogP) is 7.28. The van der Waals surface area contributed by atoms with Crippen molar-refractivity contribution in [2.75, 3.05) is 11.4 Å². The van der Waals surface area contributed by atoms with Crippen LogP contribution < -0.4 is 4.90 Å². The molecule has 0 spiro atoms. The summed E-state index contributed by atoms with van der Waals surface area (Å²) in [5.74, 6) is 1.31. The van der Waals surface area contributed by atoms with Crippen molar-refractivity contribution in [2.45, 2.75) is 64.2 Å². The highest BCUT2D eigenvalue weighted by molar-refractivity contribution is 6.39. The molecule has 1 saturated heterocycles. The molecular formula is C27H27Cl2N3O2. The van der Waals surface area contributed by atoms with Crippen molar-refractivity contribution < 1.29 is 9.26 Å². The van der Waals surface area contributed by atoms with Gasteiger partial charge in [0.15, 0.2) is 0 Å². The molecule has 7 heteroatoms. The lowest BCUT2D eigenvalue weighted by atomic mass is 9.98. The fourth-order valence-electron chi connectivity index (χ4n) is 4.87. The van der Waals surface area contributed by atoms with E-state index in [1.54, 1.807) is 0 Å². The van der Waals surface area contributed by atoms with Crippen molar-refractivity contribution in [1.82, 2.24) is 5.16 Å². The number of aromatic nitrogens is 1. The Morgan fingerprint density at radius 1 is 1.18 bits per heavy atom. The topological polar surface area (TPSA) is 62.3 Å². The average molecular weight is 496 g/mol. The van der Waals surface area contributed by atoms with Crippen LogP contribution in [0.4, 0.5) is 5.69 Å². The van der Waals surface area contributed by atoms with Gasteiger partial charge in [-0.25, -0.2) is 0 Å². The van der Waals surface area contributed by atoms with Gasteiger partial charge >= 0.3 is 0 Å². The number of hydrogen-bond acceptors (Lipinski definition) is 5. The molecule has 1 aliphatic carbocycles. The van der Waals surface area contributed by atoms with Crippen LogP contribution in [0.25, 0.3) is 11.3 Å². The third kappa shape index (κ3) is 4.55. The first kappa shape index (κ1) is 23.2. The lowest BCUT2D eigenvalue weighted by Crippen LogP contribution is -2.43. The Kier molecular flexibility index (Phi) is 6.57. The summed E-state index contributed by atoms with van der Waals surface area (Å²) in [5.41, 5.74) is 5.26. The number of nitrogens with zero attached hydrogens (tertiary/aromatic N) is 3. The van der Waals surface area contributed by atoms with Crippen LogP contribution in [0.5, 0.6) is 0 Å². The largest absolute Gasteiger partial charge is 0.373 e. The van der Waals surface area contributed by atoms with Gasteiger partial charge in [0.25, 0.3) is 0 Å². The summed E-state index contributed by atoms with van der Waals surface area (Å²) in [6, 6.07) is 14.1. The van der Waals surface area contributed by atoms with Crippen LogP contribution in [0.3, 0.4) is 0 Å². The first-order valence-electron chi connectivity index (χ1n) is 11.8. The summed E-state index contributed by atoms with van der Waals surface area (Å²) in [5, 5.41) is 14.7. The fourth-order valence-corrected chi connectivity index (χ4v) is 5.44. The quantitative estimate of drug-likeness (QED) is 0.359. The molecule has 1 saturated carbocycles. The summed E-state index contributed by atoms with van der Waals surface area (Å²) >= 11 is 13.0. The van der Waals surface area contributed by atoms with Crippen LogP contribution in [0.2, 0.25) is 10.0 Å². The third-order valence-electron chi connectivity index (χ3n) is 6.92. The summed E-state index contributed by atoms with van der Waals surface area (Å²) < 4.78 is 12.2. The highest BCUT2D eigenvalue weighted by atomic mass is 35.5. The van der Waals surface area contributed by atoms with Gasteiger partial charge in [0.2, 0.25) is 0 Å². The van der Waals surface area contributed by atoms with Gasteiger partial charge in [0.05, 0.1) is 34.4 Å². The van der Waals surface area contributed by atoms with Crippen molar-refractivity contribution >= 4 is 28.9 Å². The van der Waals surface area contributed by atoms with Gasteiger partial charge in [0.1, 0.15) is 11.5 Å². The number of ether oxygens (including phenoxy) is 1. The lowest BCUT2D eigenvalue weighted by molar-refractivity contribution is 0.0175. The monoisotopic (exact) mass is 495 g/mol. The number of halogens is 2. The summed E-state index contributed by atoms with van der Waals surface area (Å²) in [6.07, 6.45) is 4.21. The van der Waals surface area contributed by atoms with E-state index < -0.39 is 0 Å². The molecule has 2 heterocycles. The van der Waals surface area contributed by atoms with Gasteiger partial charge in [-0.05, 0) is 75.4 Å². The zero-order valence-corrected chi connectivity index (χ0v) is 20.9. The molecule has 1 aromatic heterocycles. The highest BCUT2D eigenvalue weighted by Crippen LogP contribution is 2.46. The summed E-state index contributed by atoms with van der Waals surface area (Å²) in [7, 11) is 0. The smallest absolute Gasteiger partial charge is 0.145 e. The minimum Gasteiger partial charge on any atom is -0.373 e. The van der Waals surface area contributed by atoms with E-state index in [0.717, 1.165) is 60.4 Å². The molecule has 0 N–H and O–H groups in total. The van der Waals surface area contributed by atoms with Crippen LogP contribution in [0.15, 0.2) is 40.9 Å². The van der Waals surface area contributed by atoms with Crippen molar-refractivity contribution in [2.24, 2.45) is 0 Å². The summed E-state index contributed by atoms with van der Waals surface area (Å²) in [4.78, 5) is 2.40. The van der Waals surface area contributed by atoms with E-state index in [4.69, 9.17) is 32.5 Å². The van der Waals surface area contributed by atoms with E-state index >= 15 is 0 Å². The van der Waals surface area contributed by atoms with E-state index in [0.29, 0.717) is 39.9 Å². The second kappa shape index (κ2) is 9.62. The van der Waals surface area contributed by atoms with Crippen LogP contribution >= 0.6 is 23.2 Å². The Morgan fingerprint density at radius 3 is 2.59 bits per heavy atom. The third-order valence-corrected chi connectivity index (χ3v) is 7.55. The zero-order valence-electron chi connectivity index (χ0n) is 19.4. The molecule has 2 atom stereocenters. The molecule has 2 fully saturated rings. The zero-order chi connectivity index (χ0) is 23.8. The molecule has 2 aliphatic rings. The highest BCUT2D eigenvalue weighted by Gasteiger charge is 2.34. The lowest BCUT2D eigenvalue weighted by Gasteiger charge is -2.39. The standard InChI is InChI=1S/C27H27Cl2N3O2/c1-16-12-20(9-8-19(16)14-30)32-11-10-21(13-17(32)2)33-15-22-26(31-34-27(22)18-6-7-18)25-23(28)4-3-5-24(25)29/h3-5,8-9,12,17-18,21H,6-7,10-11,13,15H2,1-2H3/t17-,21+/m1/s1. The molecule has 0 amide bonds. The number of rotatable bonds is 6. The molecule has 0 bridgehead atoms. The molecule has 2 aromatic carbocycles. The van der Waals surface area contributed by atoms with E-state index in [1.165, 1.54) is 0 Å². The fraction of sp³-hybridized carbons (Fsp3) is 0.407. The van der Waals surface area contributed by atoms with Crippen LogP contribution in [0.1, 0.15) is 61.0 Å². The molecule has 0 radical (unpaired) electrons. The normalized spacial score (nSPS) is 20.4. The van der Waals surface area contributed by atoms with Gasteiger partial charge in [-0.3, -0.25) is 0 Å². The molecule has 5 rings (SSSR count). The van der Waals surface area contributed by atoms with Gasteiger partial charge in [-0.1, -0.05) is 34.4 Å². The molecule has 34 heavy (non-hydrogen) atoms. The number of nitriles is 1. The predicted molar refractivity (Wildman–Crippen MR) is 134 cm³/mol. The number of hydrogen-bond donors (Lipinski definition) is 0. The number of anilines is 1. The second-order valence-electron chi connectivity index (χ2n) is 9.36. The molecule has 0 unspecified atom stereocenters. The first-order chi connectivity index (χ1) is 16.5. The van der Waals surface area contributed by atoms with Gasteiger partial charge in [0, 0.05) is 35.3 Å². The maximum absolute atomic E-state index is 9.22. The Hall–Kier alpha value is -2.52. The first-order valence-corrected chi connectivity index (χ1v) is 12.5. The molecule has 176 valence electrons. The second-order valence-corrected chi connectivity index (χ2v) is 10.2. The maximum Gasteiger partial charge on any atom is 0.145 e. The minimum absolute atomic E-state index is 0.141. The van der Waals surface area contributed by atoms with Crippen molar-refractivity contribution in [1.29, 1.82) is 5.26 Å². The van der Waals surface area contributed by atoms with E-state index in [9.17, 15) is 5.26 Å². The molecule has 1 aliphatic heterocycles. The van der Waals surface area contributed by atoms with E-state index in [2.05, 4.69) is 29.1 Å². The Morgan fingerprint density at radius 2 is 1.94 bits per heavy atom. The van der Waals surface area contributed by atoms with Gasteiger partial charge in [-0.15, -0.1) is 0 Å². The van der Waals surface area contributed by atoms with Gasteiger partial charge < -0.3 is 14.2 Å². The SMILES string of the molecule is Cc1cc(N2CC[C@H](OCc3c(-c4c(Cl)cccc4Cl)noc3C3CC3)C[C@H]2C)ccc1C#N. The number of benzene rings is 2. The van der Waals surface area contributed by atoms with Crippen LogP contribution in [-0.2, 0) is 11.3 Å². The van der Waals surface area contributed by atoms with Crippen molar-refractivity contribution in [3.8, 4) is 17.3 Å². The van der Waals surface area contributed by atoms with E-state index in [1.807, 2.05) is 37.3 Å². The minimum atomic E-state index is 0.141. The molecular weight excluding hydrogens is 469 g/mol. The Labute approximate surface area is 210 Å². The maximum atomic E-state index is 9.22. The van der Waals surface area contributed by atoms with Gasteiger partial charge in [-0.2, -0.15) is 5.26 Å². The molecule has 5 nitrogen and oxygen atoms in total. The van der Waals surface area contributed by atoms with Crippen molar-refractivity contribution in [3.05, 3.63) is 68.9 Å². The van der Waals surface area contributed by atoms with E-state index in [-0.39, 0.29) is 6.10 Å². The van der Waals surface area contributed by atoms with Crippen LogP contribution in [-0.4, -0.2) is 23.8 Å². The number of aryl methyl sites for hydroxylation is 1. The molecule has 3 aromatic rings. The van der Waals surface area contributed by atoms with Crippen molar-refractivity contribution in [3.63, 3.8) is 0 Å².